The predicted octanol–water partition coefficient (Wildman–Crippen LogP) is 1.82. The van der Waals surface area contributed by atoms with Crippen molar-refractivity contribution in [1.82, 2.24) is 34.1 Å². The van der Waals surface area contributed by atoms with Gasteiger partial charge in [0.25, 0.3) is 5.56 Å². The minimum Gasteiger partial charge on any atom is -0.374 e. The number of ether oxygens (including phenoxy) is 4. The van der Waals surface area contributed by atoms with Gasteiger partial charge in [0.05, 0.1) is 38.9 Å². The fraction of sp³-hybridized carbons (Fsp3) is 0.375. The number of H-pyrrole nitrogens is 1. The van der Waals surface area contributed by atoms with Crippen molar-refractivity contribution in [3.63, 3.8) is 0 Å². The first-order valence-corrected chi connectivity index (χ1v) is 17.8. The molecule has 0 spiro atoms. The quantitative estimate of drug-likeness (QED) is 0.119. The lowest BCUT2D eigenvalue weighted by molar-refractivity contribution is -0.0751. The number of anilines is 2. The van der Waals surface area contributed by atoms with Gasteiger partial charge in [-0.05, 0) is 11.1 Å². The highest BCUT2D eigenvalue weighted by molar-refractivity contribution is 7.47. The maximum Gasteiger partial charge on any atom is 0.472 e. The van der Waals surface area contributed by atoms with Gasteiger partial charge in [0.15, 0.2) is 11.2 Å². The molecule has 52 heavy (non-hydrogen) atoms. The minimum atomic E-state index is -4.80. The maximum absolute atomic E-state index is 13.5. The minimum absolute atomic E-state index is 0.0138. The van der Waals surface area contributed by atoms with Crippen LogP contribution >= 0.6 is 7.82 Å². The second kappa shape index (κ2) is 15.4. The number of phosphoric ester groups is 1. The van der Waals surface area contributed by atoms with Gasteiger partial charge in [0.1, 0.15) is 37.1 Å². The molecule has 7 rings (SSSR count). The Morgan fingerprint density at radius 2 is 1.48 bits per heavy atom. The van der Waals surface area contributed by atoms with Crippen LogP contribution in [0, 0.1) is 0 Å². The summed E-state index contributed by atoms with van der Waals surface area (Å²) in [7, 11) is -4.80. The van der Waals surface area contributed by atoms with Gasteiger partial charge in [-0.2, -0.15) is 9.97 Å². The highest BCUT2D eigenvalue weighted by atomic mass is 31.2. The average Bonchev–Trinajstić information content (AvgIpc) is 3.84. The second-order valence-corrected chi connectivity index (χ2v) is 13.6. The van der Waals surface area contributed by atoms with Crippen LogP contribution in [-0.4, -0.2) is 76.6 Å². The molecule has 1 unspecified atom stereocenters. The number of hydrogen-bond acceptors (Lipinski definition) is 15. The van der Waals surface area contributed by atoms with E-state index in [1.54, 1.807) is 0 Å². The normalized spacial score (nSPS) is 24.3. The molecule has 3 aromatic heterocycles. The van der Waals surface area contributed by atoms with E-state index in [2.05, 4.69) is 24.9 Å². The van der Waals surface area contributed by atoms with Gasteiger partial charge >= 0.3 is 13.5 Å². The number of hydrogen-bond donors (Lipinski definition) is 4. The van der Waals surface area contributed by atoms with Gasteiger partial charge in [-0.15, -0.1) is 0 Å². The average molecular weight is 738 g/mol. The number of nitrogen functional groups attached to an aromatic ring is 2. The van der Waals surface area contributed by atoms with Gasteiger partial charge in [-0.3, -0.25) is 28.0 Å². The maximum atomic E-state index is 13.5. The van der Waals surface area contributed by atoms with Gasteiger partial charge in [-0.1, -0.05) is 60.7 Å². The van der Waals surface area contributed by atoms with E-state index in [9.17, 15) is 19.0 Å². The summed E-state index contributed by atoms with van der Waals surface area (Å²) in [4.78, 5) is 54.2. The molecule has 2 fully saturated rings. The fourth-order valence-corrected chi connectivity index (χ4v) is 7.01. The van der Waals surface area contributed by atoms with Crippen molar-refractivity contribution in [3.05, 3.63) is 105 Å². The van der Waals surface area contributed by atoms with Crippen LogP contribution in [0.5, 0.6) is 0 Å². The van der Waals surface area contributed by atoms with Crippen molar-refractivity contribution in [1.29, 1.82) is 0 Å². The number of fused-ring (bicyclic) bond motifs is 1. The van der Waals surface area contributed by atoms with Crippen LogP contribution in [0.2, 0.25) is 0 Å². The molecule has 5 aromatic rings. The lowest BCUT2D eigenvalue weighted by Gasteiger charge is -2.23. The lowest BCUT2D eigenvalue weighted by Crippen LogP contribution is -2.31. The highest BCUT2D eigenvalue weighted by Crippen LogP contribution is 2.49. The van der Waals surface area contributed by atoms with Crippen molar-refractivity contribution < 1.29 is 37.5 Å². The molecule has 19 nitrogen and oxygen atoms in total. The molecule has 20 heteroatoms. The van der Waals surface area contributed by atoms with Crippen LogP contribution < -0.4 is 22.7 Å². The molecule has 0 aliphatic carbocycles. The van der Waals surface area contributed by atoms with Crippen molar-refractivity contribution in [3.8, 4) is 0 Å². The van der Waals surface area contributed by atoms with Crippen LogP contribution in [0.3, 0.4) is 0 Å². The third-order valence-corrected chi connectivity index (χ3v) is 9.56. The predicted molar refractivity (Wildman–Crippen MR) is 182 cm³/mol. The Morgan fingerprint density at radius 3 is 2.19 bits per heavy atom. The first kappa shape index (κ1) is 35.5. The third-order valence-electron chi connectivity index (χ3n) is 8.55. The molecule has 6 N–H and O–H groups in total. The SMILES string of the molecule is Nc1ncn([C@H]2C[C@@H](OCc3ccccc3)[C@@H](COP(=O)(O)O[C@@H]3C[C@H](n4cnc5c(=O)[nH]c(N)nc54)O[C@@H]3COCc3ccccc3)O2)c(=O)n1. The zero-order valence-corrected chi connectivity index (χ0v) is 28.4. The number of benzene rings is 2. The van der Waals surface area contributed by atoms with Gasteiger partial charge in [-0.25, -0.2) is 19.3 Å². The summed E-state index contributed by atoms with van der Waals surface area (Å²) in [5.41, 5.74) is 12.1. The zero-order chi connectivity index (χ0) is 36.2. The van der Waals surface area contributed by atoms with Crippen LogP contribution in [0.4, 0.5) is 11.9 Å². The number of aromatic amines is 1. The number of phosphoric acid groups is 1. The molecule has 2 aliphatic heterocycles. The standard InChI is InChI=1S/C32H36N9O10P/c33-30-36-18-41(32(43)39-30)26-11-21(47-14-20-9-5-2-6-10-20)24(50-26)16-48-52(44,45)51-22-12-25(40-17-35-27-28(40)37-31(34)38-29(27)42)49-23(22)15-46-13-19-7-3-1-4-8-19/h1-10,17-18,21-26H,11-16H2,(H,44,45)(H2,33,39,43)(H3,34,37,38,42)/t21-,22-,23-,24-,25-,26-/m1/s1. The summed E-state index contributed by atoms with van der Waals surface area (Å²) in [6.07, 6.45) is -2.29. The number of nitrogens with zero attached hydrogens (tertiary/aromatic N) is 6. The molecule has 0 radical (unpaired) electrons. The molecule has 274 valence electrons. The third kappa shape index (κ3) is 8.27. The van der Waals surface area contributed by atoms with Crippen LogP contribution in [0.15, 0.2) is 82.9 Å². The van der Waals surface area contributed by atoms with Gasteiger partial charge < -0.3 is 35.3 Å². The smallest absolute Gasteiger partial charge is 0.374 e. The fourth-order valence-electron chi connectivity index (χ4n) is 6.05. The first-order valence-electron chi connectivity index (χ1n) is 16.3. The summed E-state index contributed by atoms with van der Waals surface area (Å²) in [6.45, 7) is 0.0114. The van der Waals surface area contributed by atoms with Crippen molar-refractivity contribution >= 4 is 30.9 Å². The van der Waals surface area contributed by atoms with E-state index >= 15 is 0 Å². The number of nitrogens with one attached hydrogen (secondary N) is 1. The Kier molecular flexibility index (Phi) is 10.5. The number of imidazole rings is 1. The van der Waals surface area contributed by atoms with Gasteiger partial charge in [0.2, 0.25) is 11.9 Å². The van der Waals surface area contributed by atoms with Gasteiger partial charge in [0, 0.05) is 12.8 Å². The Hall–Kier alpha value is -4.85. The largest absolute Gasteiger partial charge is 0.472 e. The Morgan fingerprint density at radius 1 is 0.846 bits per heavy atom. The molecule has 5 heterocycles. The molecular weight excluding hydrogens is 701 g/mol. The second-order valence-electron chi connectivity index (χ2n) is 12.2. The van der Waals surface area contributed by atoms with Crippen LogP contribution in [0.25, 0.3) is 11.2 Å². The van der Waals surface area contributed by atoms with Crippen molar-refractivity contribution in [2.45, 2.75) is 62.9 Å². The van der Waals surface area contributed by atoms with Crippen molar-refractivity contribution in [2.24, 2.45) is 0 Å². The van der Waals surface area contributed by atoms with Crippen molar-refractivity contribution in [2.75, 3.05) is 24.7 Å². The summed E-state index contributed by atoms with van der Waals surface area (Å²) in [5.74, 6) is -0.302. The Bertz CT molecular complexity index is 2150. The molecule has 2 aromatic carbocycles. The molecule has 0 saturated carbocycles. The first-order chi connectivity index (χ1) is 25.1. The molecular formula is C32H36N9O10P. The van der Waals surface area contributed by atoms with E-state index in [-0.39, 0.29) is 55.7 Å². The number of aromatic nitrogens is 7. The van der Waals surface area contributed by atoms with E-state index in [1.807, 2.05) is 60.7 Å². The topological polar surface area (TPSA) is 256 Å². The lowest BCUT2D eigenvalue weighted by atomic mass is 10.1. The summed E-state index contributed by atoms with van der Waals surface area (Å²) >= 11 is 0. The number of nitrogens with two attached hydrogens (primary N) is 2. The summed E-state index contributed by atoms with van der Waals surface area (Å²) in [6, 6.07) is 18.8. The highest BCUT2D eigenvalue weighted by Gasteiger charge is 2.44. The van der Waals surface area contributed by atoms with E-state index in [1.165, 1.54) is 17.2 Å². The monoisotopic (exact) mass is 737 g/mol. The van der Waals surface area contributed by atoms with E-state index < -0.39 is 62.6 Å². The van der Waals surface area contributed by atoms with E-state index in [0.717, 1.165) is 15.7 Å². The summed E-state index contributed by atoms with van der Waals surface area (Å²) < 4.78 is 51.8. The molecule has 0 amide bonds. The molecule has 2 saturated heterocycles. The zero-order valence-electron chi connectivity index (χ0n) is 27.5. The van der Waals surface area contributed by atoms with Crippen LogP contribution in [0.1, 0.15) is 36.4 Å². The van der Waals surface area contributed by atoms with Crippen LogP contribution in [-0.2, 0) is 45.8 Å². The molecule has 2 aliphatic rings. The number of rotatable bonds is 14. The van der Waals surface area contributed by atoms with E-state index in [0.29, 0.717) is 0 Å². The molecule has 0 bridgehead atoms. The van der Waals surface area contributed by atoms with E-state index in [4.69, 9.17) is 39.5 Å². The summed E-state index contributed by atoms with van der Waals surface area (Å²) in [5, 5.41) is 0. The Labute approximate surface area is 295 Å². The Balaban J connectivity index is 1.06. The molecule has 7 atom stereocenters.